The average molecular weight is 364 g/mol. The van der Waals surface area contributed by atoms with E-state index in [-0.39, 0.29) is 5.92 Å². The fourth-order valence-electron chi connectivity index (χ4n) is 3.74. The van der Waals surface area contributed by atoms with Crippen molar-refractivity contribution in [3.05, 3.63) is 64.8 Å². The molecular weight excluding hydrogens is 338 g/mol. The Morgan fingerprint density at radius 3 is 2.77 bits per heavy atom. The van der Waals surface area contributed by atoms with E-state index in [1.807, 2.05) is 11.8 Å². The van der Waals surface area contributed by atoms with Crippen LogP contribution in [-0.4, -0.2) is 25.3 Å². The maximum Gasteiger partial charge on any atom is 0.0774 e. The first kappa shape index (κ1) is 17.2. The van der Waals surface area contributed by atoms with Crippen LogP contribution < -0.4 is 10.2 Å². The van der Waals surface area contributed by atoms with Crippen LogP contribution in [0.3, 0.4) is 0 Å². The van der Waals surface area contributed by atoms with Crippen LogP contribution in [0, 0.1) is 5.92 Å². The second kappa shape index (κ2) is 7.20. The molecule has 1 aromatic rings. The molecule has 3 nitrogen and oxygen atoms in total. The first-order valence-corrected chi connectivity index (χ1v) is 10.3. The zero-order valence-electron chi connectivity index (χ0n) is 15.6. The molecule has 0 aromatic heterocycles. The van der Waals surface area contributed by atoms with E-state index < -0.39 is 0 Å². The van der Waals surface area contributed by atoms with E-state index in [1.54, 1.807) is 0 Å². The van der Waals surface area contributed by atoms with Crippen LogP contribution in [0.25, 0.3) is 0 Å². The van der Waals surface area contributed by atoms with Gasteiger partial charge < -0.3 is 10.2 Å². The normalized spacial score (nSPS) is 20.0. The number of hydrogen-bond donors (Lipinski definition) is 1. The molecule has 0 amide bonds. The minimum absolute atomic E-state index is 0.247. The topological polar surface area (TPSA) is 27.6 Å². The van der Waals surface area contributed by atoms with Crippen molar-refractivity contribution < 1.29 is 0 Å². The Hall–Kier alpha value is -2.20. The first-order valence-electron chi connectivity index (χ1n) is 9.45. The summed E-state index contributed by atoms with van der Waals surface area (Å²) < 4.78 is 0. The molecule has 3 aliphatic rings. The third kappa shape index (κ3) is 2.92. The van der Waals surface area contributed by atoms with Gasteiger partial charge in [-0.3, -0.25) is 4.99 Å². The molecule has 26 heavy (non-hydrogen) atoms. The number of nitrogens with zero attached hydrogens (tertiary/aromatic N) is 2. The van der Waals surface area contributed by atoms with E-state index >= 15 is 0 Å². The summed E-state index contributed by atoms with van der Waals surface area (Å²) in [5.41, 5.74) is 6.09. The van der Waals surface area contributed by atoms with Crippen molar-refractivity contribution in [1.29, 1.82) is 0 Å². The largest absolute Gasteiger partial charge is 0.385 e. The highest BCUT2D eigenvalue weighted by atomic mass is 32.2. The van der Waals surface area contributed by atoms with Gasteiger partial charge in [0, 0.05) is 46.7 Å². The summed E-state index contributed by atoms with van der Waals surface area (Å²) in [6.07, 6.45) is 11.0. The van der Waals surface area contributed by atoms with Gasteiger partial charge in [0.15, 0.2) is 0 Å². The molecule has 1 aromatic carbocycles. The van der Waals surface area contributed by atoms with Crippen molar-refractivity contribution in [2.75, 3.05) is 24.5 Å². The number of thioether (sulfide) groups is 1. The van der Waals surface area contributed by atoms with E-state index in [0.717, 1.165) is 25.3 Å². The molecule has 0 saturated heterocycles. The van der Waals surface area contributed by atoms with E-state index in [4.69, 9.17) is 4.99 Å². The Balaban J connectivity index is 1.76. The predicted octanol–water partition coefficient (Wildman–Crippen LogP) is 5.21. The van der Waals surface area contributed by atoms with Crippen LogP contribution in [-0.2, 0) is 0 Å². The Morgan fingerprint density at radius 2 is 2.00 bits per heavy atom. The lowest BCUT2D eigenvalue weighted by Crippen LogP contribution is -2.27. The Labute approximate surface area is 160 Å². The van der Waals surface area contributed by atoms with Gasteiger partial charge in [0.05, 0.1) is 11.4 Å². The van der Waals surface area contributed by atoms with Crippen molar-refractivity contribution in [3.8, 4) is 0 Å². The molecule has 0 saturated carbocycles. The molecule has 0 spiro atoms. The van der Waals surface area contributed by atoms with Gasteiger partial charge in [-0.1, -0.05) is 36.1 Å². The van der Waals surface area contributed by atoms with Crippen LogP contribution in [0.15, 0.2) is 74.6 Å². The molecule has 4 rings (SSSR count). The van der Waals surface area contributed by atoms with Gasteiger partial charge in [-0.05, 0) is 50.6 Å². The molecule has 0 radical (unpaired) electrons. The van der Waals surface area contributed by atoms with Crippen LogP contribution >= 0.6 is 11.8 Å². The van der Waals surface area contributed by atoms with Gasteiger partial charge in [0.25, 0.3) is 0 Å². The average Bonchev–Trinajstić information content (AvgIpc) is 2.68. The summed E-state index contributed by atoms with van der Waals surface area (Å²) in [5, 5.41) is 3.53. The van der Waals surface area contributed by atoms with Crippen molar-refractivity contribution in [2.45, 2.75) is 25.7 Å². The fraction of sp³-hybridized carbons (Fsp3) is 0.318. The molecule has 1 unspecified atom stereocenters. The third-order valence-electron chi connectivity index (χ3n) is 5.06. The lowest BCUT2D eigenvalue weighted by Gasteiger charge is -2.31. The van der Waals surface area contributed by atoms with Gasteiger partial charge in [-0.25, -0.2) is 0 Å². The molecule has 0 fully saturated rings. The number of hydrogen-bond acceptors (Lipinski definition) is 4. The standard InChI is InChI=1S/C22H25N3S/c1-4-23-19-14-21-22(17-10-8-7-9-16(17)19)24-18-12-11-15(13-20(18)26-21)25(5-2)6-3/h7-14,17,23H,4-6H2,1-3H3. The monoisotopic (exact) mass is 363 g/mol. The zero-order valence-corrected chi connectivity index (χ0v) is 16.4. The summed E-state index contributed by atoms with van der Waals surface area (Å²) in [6, 6.07) is 6.66. The molecule has 0 bridgehead atoms. The maximum atomic E-state index is 5.06. The van der Waals surface area contributed by atoms with Gasteiger partial charge in [0.2, 0.25) is 0 Å². The van der Waals surface area contributed by atoms with E-state index in [9.17, 15) is 0 Å². The van der Waals surface area contributed by atoms with Crippen molar-refractivity contribution in [1.82, 2.24) is 5.32 Å². The number of allylic oxidation sites excluding steroid dienone is 7. The van der Waals surface area contributed by atoms with Crippen LogP contribution in [0.1, 0.15) is 20.8 Å². The summed E-state index contributed by atoms with van der Waals surface area (Å²) in [5.74, 6) is 0.247. The van der Waals surface area contributed by atoms with E-state index in [0.29, 0.717) is 0 Å². The number of rotatable bonds is 5. The molecule has 1 atom stereocenters. The quantitative estimate of drug-likeness (QED) is 0.778. The summed E-state index contributed by atoms with van der Waals surface area (Å²) in [4.78, 5) is 9.95. The molecule has 134 valence electrons. The van der Waals surface area contributed by atoms with Crippen LogP contribution in [0.2, 0.25) is 0 Å². The number of fused-ring (bicyclic) bond motifs is 4. The van der Waals surface area contributed by atoms with E-state index in [1.165, 1.54) is 32.5 Å². The van der Waals surface area contributed by atoms with Crippen LogP contribution in [0.5, 0.6) is 0 Å². The Kier molecular flexibility index (Phi) is 4.77. The summed E-state index contributed by atoms with van der Waals surface area (Å²) in [7, 11) is 0. The van der Waals surface area contributed by atoms with Crippen molar-refractivity contribution in [2.24, 2.45) is 10.9 Å². The maximum absolute atomic E-state index is 5.06. The number of likely N-dealkylation sites (N-methyl/N-ethyl adjacent to an activating group) is 1. The Morgan fingerprint density at radius 1 is 1.15 bits per heavy atom. The second-order valence-corrected chi connectivity index (χ2v) is 7.64. The van der Waals surface area contributed by atoms with Gasteiger partial charge >= 0.3 is 0 Å². The molecular formula is C22H25N3S. The molecule has 2 aliphatic carbocycles. The highest BCUT2D eigenvalue weighted by Crippen LogP contribution is 2.47. The third-order valence-corrected chi connectivity index (χ3v) is 6.15. The highest BCUT2D eigenvalue weighted by Gasteiger charge is 2.31. The molecule has 1 N–H and O–H groups in total. The molecule has 1 heterocycles. The lowest BCUT2D eigenvalue weighted by molar-refractivity contribution is 0.841. The molecule has 1 aliphatic heterocycles. The lowest BCUT2D eigenvalue weighted by atomic mass is 9.84. The van der Waals surface area contributed by atoms with Gasteiger partial charge in [0.1, 0.15) is 0 Å². The van der Waals surface area contributed by atoms with Crippen LogP contribution in [0.4, 0.5) is 11.4 Å². The predicted molar refractivity (Wildman–Crippen MR) is 114 cm³/mol. The van der Waals surface area contributed by atoms with Gasteiger partial charge in [-0.2, -0.15) is 0 Å². The van der Waals surface area contributed by atoms with Crippen molar-refractivity contribution >= 4 is 28.8 Å². The van der Waals surface area contributed by atoms with E-state index in [2.05, 4.69) is 79.6 Å². The SMILES string of the molecule is CCNC1=C2C=CC=CC2C2=Nc3ccc(N(CC)CC)cc3SC2=C1. The summed E-state index contributed by atoms with van der Waals surface area (Å²) >= 11 is 1.85. The number of benzene rings is 1. The Bertz CT molecular complexity index is 869. The fourth-order valence-corrected chi connectivity index (χ4v) is 4.83. The summed E-state index contributed by atoms with van der Waals surface area (Å²) in [6.45, 7) is 9.52. The minimum Gasteiger partial charge on any atom is -0.385 e. The number of nitrogens with one attached hydrogen (secondary N) is 1. The van der Waals surface area contributed by atoms with Crippen molar-refractivity contribution in [3.63, 3.8) is 0 Å². The second-order valence-electron chi connectivity index (χ2n) is 6.55. The molecule has 4 heteroatoms. The minimum atomic E-state index is 0.247. The number of aliphatic imine (C=N–C) groups is 1. The smallest absolute Gasteiger partial charge is 0.0774 e. The highest BCUT2D eigenvalue weighted by molar-refractivity contribution is 8.04. The van der Waals surface area contributed by atoms with Gasteiger partial charge in [-0.15, -0.1) is 0 Å². The first-order chi connectivity index (χ1) is 12.7. The number of anilines is 1. The zero-order chi connectivity index (χ0) is 18.1.